The topological polar surface area (TPSA) is 70.4 Å². The van der Waals surface area contributed by atoms with Gasteiger partial charge in [0.1, 0.15) is 12.2 Å². The molecule has 1 saturated carbocycles. The Bertz CT molecular complexity index is 948. The quantitative estimate of drug-likeness (QED) is 0.572. The van der Waals surface area contributed by atoms with Gasteiger partial charge in [-0.3, -0.25) is 4.79 Å². The Morgan fingerprint density at radius 1 is 1.03 bits per heavy atom. The van der Waals surface area contributed by atoms with Crippen LogP contribution in [0.3, 0.4) is 0 Å². The number of ether oxygens (including phenoxy) is 2. The fraction of sp³-hybridized carbons (Fsp3) is 0.458. The molecule has 30 heavy (non-hydrogen) atoms. The fourth-order valence-corrected chi connectivity index (χ4v) is 4.47. The van der Waals surface area contributed by atoms with Crippen molar-refractivity contribution in [3.8, 4) is 0 Å². The average Bonchev–Trinajstić information content (AvgIpc) is 3.26. The maximum atomic E-state index is 12.4. The van der Waals surface area contributed by atoms with E-state index in [2.05, 4.69) is 17.1 Å². The lowest BCUT2D eigenvalue weighted by molar-refractivity contribution is -0.147. The minimum absolute atomic E-state index is 0.0842. The molecule has 1 fully saturated rings. The van der Waals surface area contributed by atoms with E-state index >= 15 is 0 Å². The van der Waals surface area contributed by atoms with Crippen LogP contribution in [0.2, 0.25) is 0 Å². The zero-order valence-electron chi connectivity index (χ0n) is 17.5. The van der Waals surface area contributed by atoms with E-state index in [0.717, 1.165) is 36.1 Å². The van der Waals surface area contributed by atoms with Crippen LogP contribution in [-0.4, -0.2) is 33.7 Å². The highest BCUT2D eigenvalue weighted by molar-refractivity contribution is 5.86. The molecule has 1 aromatic carbocycles. The minimum atomic E-state index is -0.338. The second-order valence-corrected chi connectivity index (χ2v) is 8.49. The predicted octanol–water partition coefficient (Wildman–Crippen LogP) is 3.49. The molecule has 0 bridgehead atoms. The molecule has 4 rings (SSSR count). The van der Waals surface area contributed by atoms with E-state index in [1.165, 1.54) is 13.0 Å². The van der Waals surface area contributed by atoms with E-state index in [1.54, 1.807) is 12.4 Å². The summed E-state index contributed by atoms with van der Waals surface area (Å²) >= 11 is 0. The fourth-order valence-electron chi connectivity index (χ4n) is 4.47. The molecule has 0 aliphatic heterocycles. The first-order valence-corrected chi connectivity index (χ1v) is 10.6. The van der Waals surface area contributed by atoms with Crippen molar-refractivity contribution in [1.29, 1.82) is 0 Å². The molecular weight excluding hydrogens is 380 g/mol. The molecule has 6 heteroatoms. The van der Waals surface area contributed by atoms with Gasteiger partial charge in [0, 0.05) is 39.1 Å². The third-order valence-corrected chi connectivity index (χ3v) is 5.94. The van der Waals surface area contributed by atoms with Crippen LogP contribution in [0.1, 0.15) is 43.0 Å². The summed E-state index contributed by atoms with van der Waals surface area (Å²) in [4.78, 5) is 28.2. The first-order chi connectivity index (χ1) is 14.5. The molecule has 0 amide bonds. The molecule has 2 aliphatic rings. The first kappa shape index (κ1) is 20.4. The molecule has 4 atom stereocenters. The number of esters is 2. The van der Waals surface area contributed by atoms with Crippen LogP contribution in [-0.2, 0) is 39.0 Å². The van der Waals surface area contributed by atoms with Crippen molar-refractivity contribution < 1.29 is 19.1 Å². The predicted molar refractivity (Wildman–Crippen MR) is 112 cm³/mol. The summed E-state index contributed by atoms with van der Waals surface area (Å²) in [6.07, 6.45) is 10.6. The molecule has 0 saturated heterocycles. The summed E-state index contributed by atoms with van der Waals surface area (Å²) in [6.45, 7) is 1.48. The lowest BCUT2D eigenvalue weighted by Gasteiger charge is -2.24. The highest BCUT2D eigenvalue weighted by Gasteiger charge is 2.42. The van der Waals surface area contributed by atoms with Gasteiger partial charge in [0.05, 0.1) is 12.0 Å². The molecule has 0 spiro atoms. The Hall–Kier alpha value is -2.89. The van der Waals surface area contributed by atoms with Crippen LogP contribution < -0.4 is 0 Å². The Kier molecular flexibility index (Phi) is 6.02. The number of hydrogen-bond acceptors (Lipinski definition) is 5. The Morgan fingerprint density at radius 3 is 2.23 bits per heavy atom. The standard InChI is InChI=1S/C24H28N2O4/c1-16(27)29-22-10-17-5-3-4-6-18(17)11-23(13-20-9-19(20)12-22)30-24(28)8-7-21-14-26(2)15-25-21/h3-8,14-15,19-20,22-23H,9-13H2,1-2H3. The van der Waals surface area contributed by atoms with Gasteiger partial charge in [-0.2, -0.15) is 0 Å². The first-order valence-electron chi connectivity index (χ1n) is 10.6. The van der Waals surface area contributed by atoms with Gasteiger partial charge in [0.15, 0.2) is 0 Å². The number of carbonyl (C=O) groups is 2. The molecule has 0 N–H and O–H groups in total. The van der Waals surface area contributed by atoms with E-state index in [4.69, 9.17) is 9.47 Å². The van der Waals surface area contributed by atoms with Gasteiger partial charge in [0.2, 0.25) is 0 Å². The van der Waals surface area contributed by atoms with Gasteiger partial charge in [0.25, 0.3) is 0 Å². The van der Waals surface area contributed by atoms with E-state index in [-0.39, 0.29) is 24.1 Å². The van der Waals surface area contributed by atoms with E-state index in [0.29, 0.717) is 24.7 Å². The molecule has 0 radical (unpaired) electrons. The Labute approximate surface area is 176 Å². The van der Waals surface area contributed by atoms with Crippen molar-refractivity contribution in [2.75, 3.05) is 0 Å². The van der Waals surface area contributed by atoms with Crippen LogP contribution >= 0.6 is 0 Å². The van der Waals surface area contributed by atoms with Crippen molar-refractivity contribution in [2.45, 2.75) is 51.2 Å². The Balaban J connectivity index is 1.48. The highest BCUT2D eigenvalue weighted by atomic mass is 16.5. The Morgan fingerprint density at radius 2 is 1.67 bits per heavy atom. The van der Waals surface area contributed by atoms with Crippen LogP contribution in [0.4, 0.5) is 0 Å². The summed E-state index contributed by atoms with van der Waals surface area (Å²) < 4.78 is 13.3. The molecule has 2 aromatic rings. The number of aryl methyl sites for hydroxylation is 1. The SMILES string of the molecule is CC(=O)OC1Cc2ccccc2CC(OC(=O)C=Cc2cn(C)cn2)CC2CC2C1. The summed E-state index contributed by atoms with van der Waals surface area (Å²) in [5.41, 5.74) is 3.04. The number of carbonyl (C=O) groups excluding carboxylic acids is 2. The van der Waals surface area contributed by atoms with Gasteiger partial charge in [-0.05, 0) is 48.3 Å². The maximum Gasteiger partial charge on any atom is 0.331 e. The van der Waals surface area contributed by atoms with Crippen molar-refractivity contribution in [3.05, 3.63) is 59.7 Å². The molecular formula is C24H28N2O4. The number of benzene rings is 1. The zero-order valence-corrected chi connectivity index (χ0v) is 17.5. The summed E-state index contributed by atoms with van der Waals surface area (Å²) in [5.74, 6) is 0.490. The van der Waals surface area contributed by atoms with E-state index < -0.39 is 0 Å². The number of nitrogens with zero attached hydrogens (tertiary/aromatic N) is 2. The van der Waals surface area contributed by atoms with Crippen LogP contribution in [0.15, 0.2) is 42.9 Å². The second-order valence-electron chi connectivity index (χ2n) is 8.49. The van der Waals surface area contributed by atoms with Crippen molar-refractivity contribution in [2.24, 2.45) is 18.9 Å². The van der Waals surface area contributed by atoms with Crippen molar-refractivity contribution in [1.82, 2.24) is 9.55 Å². The number of rotatable bonds is 4. The highest BCUT2D eigenvalue weighted by Crippen LogP contribution is 2.47. The lowest BCUT2D eigenvalue weighted by atomic mass is 9.91. The lowest BCUT2D eigenvalue weighted by Crippen LogP contribution is -2.25. The molecule has 2 aliphatic carbocycles. The summed E-state index contributed by atoms with van der Waals surface area (Å²) in [6, 6.07) is 8.17. The number of hydrogen-bond donors (Lipinski definition) is 0. The summed E-state index contributed by atoms with van der Waals surface area (Å²) in [7, 11) is 1.89. The van der Waals surface area contributed by atoms with Crippen LogP contribution in [0.25, 0.3) is 6.08 Å². The largest absolute Gasteiger partial charge is 0.462 e. The van der Waals surface area contributed by atoms with Gasteiger partial charge >= 0.3 is 11.9 Å². The van der Waals surface area contributed by atoms with Crippen LogP contribution in [0, 0.1) is 11.8 Å². The van der Waals surface area contributed by atoms with Gasteiger partial charge in [-0.1, -0.05) is 24.3 Å². The van der Waals surface area contributed by atoms with E-state index in [9.17, 15) is 9.59 Å². The van der Waals surface area contributed by atoms with E-state index in [1.807, 2.05) is 29.9 Å². The number of imidazole rings is 1. The van der Waals surface area contributed by atoms with Gasteiger partial charge < -0.3 is 14.0 Å². The van der Waals surface area contributed by atoms with Gasteiger partial charge in [-0.25, -0.2) is 9.78 Å². The molecule has 4 unspecified atom stereocenters. The second kappa shape index (κ2) is 8.86. The molecule has 158 valence electrons. The van der Waals surface area contributed by atoms with Crippen molar-refractivity contribution >= 4 is 18.0 Å². The van der Waals surface area contributed by atoms with Gasteiger partial charge in [-0.15, -0.1) is 0 Å². The minimum Gasteiger partial charge on any atom is -0.462 e. The van der Waals surface area contributed by atoms with Crippen molar-refractivity contribution in [3.63, 3.8) is 0 Å². The normalized spacial score (nSPS) is 25.8. The zero-order chi connectivity index (χ0) is 21.1. The monoisotopic (exact) mass is 408 g/mol. The maximum absolute atomic E-state index is 12.4. The smallest absolute Gasteiger partial charge is 0.331 e. The third-order valence-electron chi connectivity index (χ3n) is 5.94. The number of aromatic nitrogens is 2. The number of fused-ring (bicyclic) bond motifs is 2. The molecule has 1 aromatic heterocycles. The molecule has 1 heterocycles. The molecule has 6 nitrogen and oxygen atoms in total. The van der Waals surface area contributed by atoms with Crippen LogP contribution in [0.5, 0.6) is 0 Å². The average molecular weight is 408 g/mol. The summed E-state index contributed by atoms with van der Waals surface area (Å²) in [5, 5.41) is 0. The third kappa shape index (κ3) is 5.38.